The molecule has 2 rings (SSSR count). The first-order chi connectivity index (χ1) is 11.7. The third-order valence-electron chi connectivity index (χ3n) is 3.89. The molecule has 5 nitrogen and oxygen atoms in total. The van der Waals surface area contributed by atoms with Gasteiger partial charge in [-0.1, -0.05) is 24.1 Å². The molecule has 0 saturated carbocycles. The van der Waals surface area contributed by atoms with E-state index >= 15 is 0 Å². The van der Waals surface area contributed by atoms with Crippen LogP contribution in [0, 0.1) is 11.8 Å². The fraction of sp³-hybridized carbons (Fsp3) is 0.474. The van der Waals surface area contributed by atoms with E-state index in [1.165, 1.54) is 0 Å². The van der Waals surface area contributed by atoms with Crippen LogP contribution >= 0.6 is 0 Å². The van der Waals surface area contributed by atoms with Crippen LogP contribution in [0.5, 0.6) is 0 Å². The first-order valence-electron chi connectivity index (χ1n) is 8.33. The maximum Gasteiger partial charge on any atom is 0.226 e. The number of nitrogens with zero attached hydrogens (tertiary/aromatic N) is 2. The molecule has 1 aromatic rings. The normalized spacial score (nSPS) is 18.2. The van der Waals surface area contributed by atoms with Gasteiger partial charge in [0.2, 0.25) is 5.91 Å². The second-order valence-corrected chi connectivity index (χ2v) is 5.80. The Balaban J connectivity index is 1.75. The number of β-lactam (4-membered cyclic amide) rings is 1. The molecule has 0 aromatic carbocycles. The maximum atomic E-state index is 11.7. The van der Waals surface area contributed by atoms with E-state index in [9.17, 15) is 9.90 Å². The lowest BCUT2D eigenvalue weighted by molar-refractivity contribution is -0.142. The van der Waals surface area contributed by atoms with E-state index in [1.807, 2.05) is 24.3 Å². The van der Waals surface area contributed by atoms with Gasteiger partial charge in [-0.2, -0.15) is 0 Å². The summed E-state index contributed by atoms with van der Waals surface area (Å²) in [6.07, 6.45) is 8.01. The van der Waals surface area contributed by atoms with Crippen molar-refractivity contribution < 1.29 is 15.0 Å². The Hall–Kier alpha value is -2.16. The number of aliphatic hydroxyl groups excluding tert-OH is 2. The van der Waals surface area contributed by atoms with E-state index in [2.05, 4.69) is 16.8 Å². The monoisotopic (exact) mass is 328 g/mol. The average Bonchev–Trinajstić information content (AvgIpc) is 2.58. The lowest BCUT2D eigenvalue weighted by Crippen LogP contribution is -2.51. The fourth-order valence-corrected chi connectivity index (χ4v) is 2.47. The Bertz CT molecular complexity index is 604. The van der Waals surface area contributed by atoms with Crippen molar-refractivity contribution in [3.8, 4) is 11.8 Å². The van der Waals surface area contributed by atoms with Crippen molar-refractivity contribution >= 4 is 5.91 Å². The van der Waals surface area contributed by atoms with Crippen LogP contribution in [0.1, 0.15) is 31.4 Å². The quantitative estimate of drug-likeness (QED) is 0.327. The van der Waals surface area contributed by atoms with Crippen LogP contribution in [0.2, 0.25) is 0 Å². The molecule has 0 aliphatic carbocycles. The molecular formula is C19H24N2O3. The van der Waals surface area contributed by atoms with E-state index in [-0.39, 0.29) is 18.6 Å². The van der Waals surface area contributed by atoms with Gasteiger partial charge in [-0.05, 0) is 25.0 Å². The minimum Gasteiger partial charge on any atom is -0.396 e. The highest BCUT2D eigenvalue weighted by atomic mass is 16.3. The van der Waals surface area contributed by atoms with Crippen molar-refractivity contribution in [1.29, 1.82) is 0 Å². The van der Waals surface area contributed by atoms with Crippen molar-refractivity contribution in [3.05, 3.63) is 42.2 Å². The van der Waals surface area contributed by atoms with Gasteiger partial charge in [0.05, 0.1) is 25.1 Å². The zero-order valence-electron chi connectivity index (χ0n) is 13.8. The molecule has 1 saturated heterocycles. The van der Waals surface area contributed by atoms with Crippen molar-refractivity contribution in [3.63, 3.8) is 0 Å². The largest absolute Gasteiger partial charge is 0.396 e. The molecule has 1 aliphatic heterocycles. The molecule has 2 atom stereocenters. The predicted octanol–water partition coefficient (Wildman–Crippen LogP) is 1.31. The Kier molecular flexibility index (Phi) is 7.47. The molecule has 2 heterocycles. The van der Waals surface area contributed by atoms with Crippen molar-refractivity contribution in [2.45, 2.75) is 44.2 Å². The highest BCUT2D eigenvalue weighted by Crippen LogP contribution is 2.20. The zero-order valence-corrected chi connectivity index (χ0v) is 13.8. The van der Waals surface area contributed by atoms with E-state index < -0.39 is 6.10 Å². The molecule has 1 fully saturated rings. The van der Waals surface area contributed by atoms with Crippen molar-refractivity contribution in [2.75, 3.05) is 13.2 Å². The number of aliphatic hydroxyl groups is 2. The highest BCUT2D eigenvalue weighted by Gasteiger charge is 2.33. The number of unbranched alkanes of at least 4 members (excludes halogenated alkanes) is 2. The van der Waals surface area contributed by atoms with Crippen LogP contribution < -0.4 is 0 Å². The predicted molar refractivity (Wildman–Crippen MR) is 91.9 cm³/mol. The molecule has 1 unspecified atom stereocenters. The van der Waals surface area contributed by atoms with Crippen LogP contribution in [0.4, 0.5) is 0 Å². The molecule has 0 bridgehead atoms. The van der Waals surface area contributed by atoms with Gasteiger partial charge in [-0.15, -0.1) is 5.92 Å². The summed E-state index contributed by atoms with van der Waals surface area (Å²) in [5, 5.41) is 18.7. The van der Waals surface area contributed by atoms with Crippen LogP contribution in [-0.4, -0.2) is 51.3 Å². The number of hydrogen-bond acceptors (Lipinski definition) is 4. The number of pyridine rings is 1. The highest BCUT2D eigenvalue weighted by molar-refractivity contribution is 5.84. The number of carbonyl (C=O) groups is 1. The van der Waals surface area contributed by atoms with Crippen LogP contribution in [0.25, 0.3) is 0 Å². The standard InChI is InChI=1S/C19H24N2O3/c22-13-7-3-1-2-6-12-21-17(15-19(21)24)9-10-18(23)14-16-8-4-5-11-20-16/h4-5,8-11,17-18,22-23H,1,3,7,12-15H2/t17-,18?/m0/s1. The first-order valence-corrected chi connectivity index (χ1v) is 8.33. The first kappa shape index (κ1) is 18.2. The van der Waals surface area contributed by atoms with E-state index in [1.54, 1.807) is 17.2 Å². The second kappa shape index (κ2) is 9.86. The maximum absolute atomic E-state index is 11.7. The lowest BCUT2D eigenvalue weighted by atomic mass is 10.0. The Morgan fingerprint density at radius 2 is 2.25 bits per heavy atom. The van der Waals surface area contributed by atoms with E-state index in [4.69, 9.17) is 5.11 Å². The van der Waals surface area contributed by atoms with Crippen LogP contribution in [0.15, 0.2) is 36.5 Å². The number of amides is 1. The van der Waals surface area contributed by atoms with Gasteiger partial charge in [-0.25, -0.2) is 0 Å². The van der Waals surface area contributed by atoms with Gasteiger partial charge < -0.3 is 15.1 Å². The average molecular weight is 328 g/mol. The summed E-state index contributed by atoms with van der Waals surface area (Å²) in [5.41, 5.74) is 0.838. The Morgan fingerprint density at radius 1 is 1.38 bits per heavy atom. The Morgan fingerprint density at radius 3 is 2.96 bits per heavy atom. The minimum atomic E-state index is -0.609. The molecular weight excluding hydrogens is 304 g/mol. The third kappa shape index (κ3) is 5.80. The molecule has 0 radical (unpaired) electrons. The van der Waals surface area contributed by atoms with Crippen molar-refractivity contribution in [1.82, 2.24) is 9.88 Å². The fourth-order valence-electron chi connectivity index (χ4n) is 2.47. The number of aromatic nitrogens is 1. The molecule has 128 valence electrons. The molecule has 24 heavy (non-hydrogen) atoms. The van der Waals surface area contributed by atoms with E-state index in [0.717, 1.165) is 25.0 Å². The van der Waals surface area contributed by atoms with Crippen LogP contribution in [0.3, 0.4) is 0 Å². The lowest BCUT2D eigenvalue weighted by Gasteiger charge is -2.37. The van der Waals surface area contributed by atoms with E-state index in [0.29, 0.717) is 19.4 Å². The van der Waals surface area contributed by atoms with Gasteiger partial charge in [0, 0.05) is 31.3 Å². The topological polar surface area (TPSA) is 73.7 Å². The summed E-state index contributed by atoms with van der Waals surface area (Å²) in [6.45, 7) is 0.614. The summed E-state index contributed by atoms with van der Waals surface area (Å²) in [7, 11) is 0. The summed E-state index contributed by atoms with van der Waals surface area (Å²) in [6, 6.07) is 5.63. The molecule has 1 amide bonds. The number of rotatable bonds is 8. The molecule has 1 aliphatic rings. The summed E-state index contributed by atoms with van der Waals surface area (Å²) in [4.78, 5) is 17.6. The Labute approximate surface area is 143 Å². The van der Waals surface area contributed by atoms with Crippen LogP contribution in [-0.2, 0) is 11.2 Å². The smallest absolute Gasteiger partial charge is 0.226 e. The van der Waals surface area contributed by atoms with Gasteiger partial charge in [0.1, 0.15) is 0 Å². The summed E-state index contributed by atoms with van der Waals surface area (Å²) >= 11 is 0. The summed E-state index contributed by atoms with van der Waals surface area (Å²) in [5.74, 6) is 6.11. The number of likely N-dealkylation sites (tertiary alicyclic amines) is 1. The molecule has 2 N–H and O–H groups in total. The second-order valence-electron chi connectivity index (χ2n) is 5.80. The van der Waals surface area contributed by atoms with Gasteiger partial charge in [0.25, 0.3) is 0 Å². The minimum absolute atomic E-state index is 0.0163. The number of hydrogen-bond donors (Lipinski definition) is 2. The molecule has 1 aromatic heterocycles. The zero-order chi connectivity index (χ0) is 17.2. The third-order valence-corrected chi connectivity index (χ3v) is 3.89. The summed E-state index contributed by atoms with van der Waals surface area (Å²) < 4.78 is 0. The van der Waals surface area contributed by atoms with Gasteiger partial charge in [-0.3, -0.25) is 9.78 Å². The SMILES string of the molecule is O=C1C[C@H](C=CC(O)Cc2ccccn2)N1CC#CCCCCO. The molecule has 0 spiro atoms. The molecule has 5 heteroatoms. The van der Waals surface area contributed by atoms with Gasteiger partial charge >= 0.3 is 0 Å². The van der Waals surface area contributed by atoms with Gasteiger partial charge in [0.15, 0.2) is 0 Å². The number of carbonyl (C=O) groups excluding carboxylic acids is 1. The van der Waals surface area contributed by atoms with Crippen molar-refractivity contribution in [2.24, 2.45) is 0 Å².